The van der Waals surface area contributed by atoms with E-state index in [0.717, 1.165) is 35.3 Å². The maximum Gasteiger partial charge on any atom is 0.315 e. The minimum Gasteiger partial charge on any atom is -0.481 e. The molecule has 0 unspecified atom stereocenters. The van der Waals surface area contributed by atoms with E-state index in [1.165, 1.54) is 0 Å². The molecule has 0 atom stereocenters. The molecule has 7 heteroatoms. The van der Waals surface area contributed by atoms with E-state index >= 15 is 0 Å². The lowest BCUT2D eigenvalue weighted by molar-refractivity contribution is 0.240. The number of H-pyrrole nitrogens is 1. The zero-order valence-electron chi connectivity index (χ0n) is 14.1. The third kappa shape index (κ3) is 4.69. The summed E-state index contributed by atoms with van der Waals surface area (Å²) in [5.41, 5.74) is 2.92. The number of aromatic amines is 1. The van der Waals surface area contributed by atoms with Crippen LogP contribution in [0.4, 0.5) is 4.79 Å². The normalized spacial score (nSPS) is 10.6. The third-order valence-electron chi connectivity index (χ3n) is 3.77. The Morgan fingerprint density at radius 1 is 1.20 bits per heavy atom. The summed E-state index contributed by atoms with van der Waals surface area (Å²) in [7, 11) is 1.57. The number of para-hydroxylation sites is 2. The first-order valence-electron chi connectivity index (χ1n) is 8.19. The van der Waals surface area contributed by atoms with Crippen molar-refractivity contribution in [1.29, 1.82) is 0 Å². The summed E-state index contributed by atoms with van der Waals surface area (Å²) in [6, 6.07) is 11.4. The Balaban J connectivity index is 1.36. The fourth-order valence-corrected chi connectivity index (χ4v) is 2.46. The summed E-state index contributed by atoms with van der Waals surface area (Å²) in [5.74, 6) is 1.49. The Morgan fingerprint density at radius 2 is 2.08 bits per heavy atom. The monoisotopic (exact) mass is 339 g/mol. The molecule has 130 valence electrons. The van der Waals surface area contributed by atoms with E-state index in [2.05, 4.69) is 25.6 Å². The third-order valence-corrected chi connectivity index (χ3v) is 3.77. The molecule has 1 aromatic carbocycles. The summed E-state index contributed by atoms with van der Waals surface area (Å²) in [5, 5.41) is 5.64. The number of benzene rings is 1. The molecule has 7 nitrogen and oxygen atoms in total. The molecule has 2 aromatic heterocycles. The number of fused-ring (bicyclic) bond motifs is 1. The topological polar surface area (TPSA) is 91.9 Å². The standard InChI is InChI=1S/C18H21N5O2/c1-25-17-9-8-13(11-20-17)12-21-18(24)19-10-4-7-16-22-14-5-2-3-6-15(14)23-16/h2-3,5-6,8-9,11H,4,7,10,12H2,1H3,(H,22,23)(H2,19,21,24). The van der Waals surface area contributed by atoms with E-state index in [9.17, 15) is 4.79 Å². The maximum atomic E-state index is 11.8. The maximum absolute atomic E-state index is 11.8. The minimum absolute atomic E-state index is 0.194. The Labute approximate surface area is 145 Å². The summed E-state index contributed by atoms with van der Waals surface area (Å²) in [4.78, 5) is 23.7. The van der Waals surface area contributed by atoms with Crippen molar-refractivity contribution in [3.63, 3.8) is 0 Å². The highest BCUT2D eigenvalue weighted by Crippen LogP contribution is 2.11. The summed E-state index contributed by atoms with van der Waals surface area (Å²) >= 11 is 0. The Hall–Kier alpha value is -3.09. The van der Waals surface area contributed by atoms with Crippen molar-refractivity contribution in [2.45, 2.75) is 19.4 Å². The zero-order chi connectivity index (χ0) is 17.5. The number of imidazole rings is 1. The second-order valence-corrected chi connectivity index (χ2v) is 5.62. The SMILES string of the molecule is COc1ccc(CNC(=O)NCCCc2nc3ccccc3[nH]2)cn1. The van der Waals surface area contributed by atoms with Gasteiger partial charge in [-0.2, -0.15) is 0 Å². The van der Waals surface area contributed by atoms with Crippen LogP contribution in [0, 0.1) is 0 Å². The van der Waals surface area contributed by atoms with Crippen LogP contribution in [-0.2, 0) is 13.0 Å². The van der Waals surface area contributed by atoms with Crippen LogP contribution in [0.25, 0.3) is 11.0 Å². The number of methoxy groups -OCH3 is 1. The molecule has 2 amide bonds. The van der Waals surface area contributed by atoms with Gasteiger partial charge in [0.05, 0.1) is 18.1 Å². The molecule has 3 aromatic rings. The van der Waals surface area contributed by atoms with Gasteiger partial charge in [0.1, 0.15) is 5.82 Å². The number of amides is 2. The average molecular weight is 339 g/mol. The molecule has 3 rings (SSSR count). The van der Waals surface area contributed by atoms with Crippen LogP contribution < -0.4 is 15.4 Å². The highest BCUT2D eigenvalue weighted by atomic mass is 16.5. The molecule has 25 heavy (non-hydrogen) atoms. The van der Waals surface area contributed by atoms with Crippen molar-refractivity contribution in [2.24, 2.45) is 0 Å². The number of hydrogen-bond donors (Lipinski definition) is 3. The van der Waals surface area contributed by atoms with Crippen molar-refractivity contribution >= 4 is 17.1 Å². The summed E-state index contributed by atoms with van der Waals surface area (Å²) < 4.78 is 5.00. The number of nitrogens with one attached hydrogen (secondary N) is 3. The minimum atomic E-state index is -0.194. The summed E-state index contributed by atoms with van der Waals surface area (Å²) in [6.07, 6.45) is 3.29. The van der Waals surface area contributed by atoms with Crippen LogP contribution in [0.2, 0.25) is 0 Å². The van der Waals surface area contributed by atoms with Crippen molar-refractivity contribution < 1.29 is 9.53 Å². The molecule has 0 bridgehead atoms. The first kappa shape index (κ1) is 16.8. The highest BCUT2D eigenvalue weighted by Gasteiger charge is 2.03. The number of urea groups is 1. The number of carbonyl (C=O) groups is 1. The van der Waals surface area contributed by atoms with Gasteiger partial charge in [-0.25, -0.2) is 14.8 Å². The second kappa shape index (κ2) is 8.14. The van der Waals surface area contributed by atoms with Gasteiger partial charge in [0.15, 0.2) is 0 Å². The van der Waals surface area contributed by atoms with E-state index in [-0.39, 0.29) is 6.03 Å². The van der Waals surface area contributed by atoms with Crippen LogP contribution >= 0.6 is 0 Å². The molecule has 2 heterocycles. The van der Waals surface area contributed by atoms with E-state index < -0.39 is 0 Å². The number of hydrogen-bond acceptors (Lipinski definition) is 4. The fraction of sp³-hybridized carbons (Fsp3) is 0.278. The highest BCUT2D eigenvalue weighted by molar-refractivity contribution is 5.75. The van der Waals surface area contributed by atoms with Gasteiger partial charge >= 0.3 is 6.03 Å². The van der Waals surface area contributed by atoms with Crippen LogP contribution in [0.3, 0.4) is 0 Å². The Bertz CT molecular complexity index is 796. The van der Waals surface area contributed by atoms with Crippen LogP contribution in [-0.4, -0.2) is 34.6 Å². The molecule has 0 aliphatic rings. The lowest BCUT2D eigenvalue weighted by Gasteiger charge is -2.07. The van der Waals surface area contributed by atoms with Crippen LogP contribution in [0.15, 0.2) is 42.6 Å². The molecule has 0 fully saturated rings. The van der Waals surface area contributed by atoms with Gasteiger partial charge in [-0.15, -0.1) is 0 Å². The van der Waals surface area contributed by atoms with Gasteiger partial charge in [0.2, 0.25) is 5.88 Å². The van der Waals surface area contributed by atoms with E-state index in [1.54, 1.807) is 19.4 Å². The predicted octanol–water partition coefficient (Wildman–Crippen LogP) is 2.40. The zero-order valence-corrected chi connectivity index (χ0v) is 14.1. The van der Waals surface area contributed by atoms with Gasteiger partial charge in [0, 0.05) is 31.8 Å². The Morgan fingerprint density at radius 3 is 2.84 bits per heavy atom. The lowest BCUT2D eigenvalue weighted by Crippen LogP contribution is -2.35. The molecule has 0 radical (unpaired) electrons. The molecule has 0 saturated carbocycles. The molecule has 0 spiro atoms. The van der Waals surface area contributed by atoms with Gasteiger partial charge in [0.25, 0.3) is 0 Å². The number of carbonyl (C=O) groups excluding carboxylic acids is 1. The van der Waals surface area contributed by atoms with E-state index in [1.807, 2.05) is 30.3 Å². The van der Waals surface area contributed by atoms with Crippen LogP contribution in [0.1, 0.15) is 17.8 Å². The quantitative estimate of drug-likeness (QED) is 0.576. The fourth-order valence-electron chi connectivity index (χ4n) is 2.46. The number of aryl methyl sites for hydroxylation is 1. The largest absolute Gasteiger partial charge is 0.481 e. The van der Waals surface area contributed by atoms with Crippen molar-refractivity contribution in [3.05, 3.63) is 54.0 Å². The number of nitrogens with zero attached hydrogens (tertiary/aromatic N) is 2. The summed E-state index contributed by atoms with van der Waals surface area (Å²) in [6.45, 7) is 1.01. The molecule has 0 aliphatic heterocycles. The Kier molecular flexibility index (Phi) is 5.46. The first-order valence-corrected chi connectivity index (χ1v) is 8.19. The van der Waals surface area contributed by atoms with Gasteiger partial charge in [-0.05, 0) is 24.1 Å². The predicted molar refractivity (Wildman–Crippen MR) is 95.4 cm³/mol. The number of ether oxygens (including phenoxy) is 1. The molecular weight excluding hydrogens is 318 g/mol. The van der Waals surface area contributed by atoms with Crippen molar-refractivity contribution in [3.8, 4) is 5.88 Å². The van der Waals surface area contributed by atoms with Gasteiger partial charge in [-0.1, -0.05) is 18.2 Å². The molecule has 0 saturated heterocycles. The molecule has 3 N–H and O–H groups in total. The second-order valence-electron chi connectivity index (χ2n) is 5.62. The average Bonchev–Trinajstić information content (AvgIpc) is 3.07. The van der Waals surface area contributed by atoms with Crippen molar-refractivity contribution in [2.75, 3.05) is 13.7 Å². The lowest BCUT2D eigenvalue weighted by atomic mass is 10.3. The van der Waals surface area contributed by atoms with Gasteiger partial charge in [-0.3, -0.25) is 0 Å². The molecular formula is C18H21N5O2. The van der Waals surface area contributed by atoms with Crippen molar-refractivity contribution in [1.82, 2.24) is 25.6 Å². The van der Waals surface area contributed by atoms with Crippen LogP contribution in [0.5, 0.6) is 5.88 Å². The smallest absolute Gasteiger partial charge is 0.315 e. The number of aromatic nitrogens is 3. The van der Waals surface area contributed by atoms with E-state index in [4.69, 9.17) is 4.74 Å². The first-order chi connectivity index (χ1) is 12.2. The number of rotatable bonds is 7. The molecule has 0 aliphatic carbocycles. The number of pyridine rings is 1. The van der Waals surface area contributed by atoms with Gasteiger partial charge < -0.3 is 20.4 Å². The van der Waals surface area contributed by atoms with E-state index in [0.29, 0.717) is 19.0 Å².